The molecule has 4 heteroatoms. The smallest absolute Gasteiger partial charge is 0.403 e. The van der Waals surface area contributed by atoms with Gasteiger partial charge in [-0.3, -0.25) is 4.90 Å². The first-order valence-electron chi connectivity index (χ1n) is 7.99. The van der Waals surface area contributed by atoms with Gasteiger partial charge in [-0.2, -0.15) is 0 Å². The molecule has 1 aromatic rings. The maximum absolute atomic E-state index is 6.20. The third-order valence-corrected chi connectivity index (χ3v) is 5.21. The molecule has 114 valence electrons. The van der Waals surface area contributed by atoms with Crippen LogP contribution in [0.25, 0.3) is 0 Å². The van der Waals surface area contributed by atoms with Crippen LogP contribution >= 0.6 is 0 Å². The van der Waals surface area contributed by atoms with E-state index in [2.05, 4.69) is 62.9 Å². The Balaban J connectivity index is 1.58. The predicted molar refractivity (Wildman–Crippen MR) is 86.2 cm³/mol. The second-order valence-electron chi connectivity index (χ2n) is 7.39. The van der Waals surface area contributed by atoms with E-state index in [4.69, 9.17) is 9.31 Å². The first-order chi connectivity index (χ1) is 9.87. The number of nitrogens with zero attached hydrogens (tertiary/aromatic N) is 1. The fraction of sp³-hybridized carbons (Fsp3) is 0.647. The summed E-state index contributed by atoms with van der Waals surface area (Å²) in [5, 5.41) is 0. The maximum Gasteiger partial charge on any atom is 0.462 e. The lowest BCUT2D eigenvalue weighted by atomic mass is 9.71. The first kappa shape index (κ1) is 15.1. The van der Waals surface area contributed by atoms with Crippen LogP contribution in [0.4, 0.5) is 0 Å². The van der Waals surface area contributed by atoms with Gasteiger partial charge in [0, 0.05) is 12.4 Å². The maximum atomic E-state index is 6.20. The summed E-state index contributed by atoms with van der Waals surface area (Å²) in [6, 6.07) is 10.7. The van der Waals surface area contributed by atoms with E-state index in [0.717, 1.165) is 26.1 Å². The van der Waals surface area contributed by atoms with E-state index < -0.39 is 0 Å². The molecule has 0 N–H and O–H groups in total. The SMILES string of the molecule is CC1(C)OB([C@@H]2CCN(Cc3ccccc3)C2)OC1(C)C. The Labute approximate surface area is 128 Å². The molecule has 2 heterocycles. The van der Waals surface area contributed by atoms with Crippen molar-refractivity contribution in [2.75, 3.05) is 13.1 Å². The summed E-state index contributed by atoms with van der Waals surface area (Å²) in [4.78, 5) is 2.50. The second kappa shape index (κ2) is 5.42. The molecule has 2 aliphatic heterocycles. The van der Waals surface area contributed by atoms with Crippen LogP contribution in [0, 0.1) is 0 Å². The third kappa shape index (κ3) is 3.03. The Morgan fingerprint density at radius 3 is 2.33 bits per heavy atom. The van der Waals surface area contributed by atoms with Gasteiger partial charge < -0.3 is 9.31 Å². The van der Waals surface area contributed by atoms with Crippen molar-refractivity contribution < 1.29 is 9.31 Å². The molecule has 0 radical (unpaired) electrons. The Morgan fingerprint density at radius 1 is 1.10 bits per heavy atom. The number of benzene rings is 1. The summed E-state index contributed by atoms with van der Waals surface area (Å²) in [6.45, 7) is 11.7. The molecule has 0 spiro atoms. The van der Waals surface area contributed by atoms with Gasteiger partial charge in [-0.25, -0.2) is 0 Å². The van der Waals surface area contributed by atoms with Gasteiger partial charge in [-0.05, 0) is 52.8 Å². The molecule has 0 saturated carbocycles. The minimum Gasteiger partial charge on any atom is -0.403 e. The molecule has 21 heavy (non-hydrogen) atoms. The zero-order valence-corrected chi connectivity index (χ0v) is 13.6. The van der Waals surface area contributed by atoms with Crippen LogP contribution in [0.1, 0.15) is 39.7 Å². The van der Waals surface area contributed by atoms with E-state index in [0.29, 0.717) is 5.82 Å². The molecule has 2 saturated heterocycles. The van der Waals surface area contributed by atoms with Crippen LogP contribution in [0.2, 0.25) is 5.82 Å². The number of hydrogen-bond acceptors (Lipinski definition) is 3. The summed E-state index contributed by atoms with van der Waals surface area (Å²) in [5.74, 6) is 0.481. The second-order valence-corrected chi connectivity index (χ2v) is 7.39. The van der Waals surface area contributed by atoms with Crippen LogP contribution < -0.4 is 0 Å². The van der Waals surface area contributed by atoms with Gasteiger partial charge in [-0.1, -0.05) is 30.3 Å². The van der Waals surface area contributed by atoms with Crippen LogP contribution in [0.15, 0.2) is 30.3 Å². The summed E-state index contributed by atoms with van der Waals surface area (Å²) in [6.07, 6.45) is 1.16. The lowest BCUT2D eigenvalue weighted by Gasteiger charge is -2.32. The molecule has 2 aliphatic rings. The van der Waals surface area contributed by atoms with Crippen molar-refractivity contribution in [2.24, 2.45) is 0 Å². The summed E-state index contributed by atoms with van der Waals surface area (Å²) in [7, 11) is -0.0595. The lowest BCUT2D eigenvalue weighted by Crippen LogP contribution is -2.41. The normalized spacial score (nSPS) is 28.2. The van der Waals surface area contributed by atoms with Gasteiger partial charge in [0.25, 0.3) is 0 Å². The molecule has 3 nitrogen and oxygen atoms in total. The molecule has 3 rings (SSSR count). The van der Waals surface area contributed by atoms with Gasteiger partial charge in [0.1, 0.15) is 0 Å². The standard InChI is InChI=1S/C17H26BNO2/c1-16(2)17(3,4)21-18(20-16)15-10-11-19(13-15)12-14-8-6-5-7-9-14/h5-9,15H,10-13H2,1-4H3/t15-/m1/s1. The largest absolute Gasteiger partial charge is 0.462 e. The van der Waals surface area contributed by atoms with Gasteiger partial charge in [0.2, 0.25) is 0 Å². The summed E-state index contributed by atoms with van der Waals surface area (Å²) in [5.41, 5.74) is 0.946. The molecule has 1 aromatic carbocycles. The number of rotatable bonds is 3. The average molecular weight is 287 g/mol. The van der Waals surface area contributed by atoms with Gasteiger partial charge >= 0.3 is 7.12 Å². The van der Waals surface area contributed by atoms with Crippen molar-refractivity contribution in [3.8, 4) is 0 Å². The molecular weight excluding hydrogens is 261 g/mol. The molecule has 0 unspecified atom stereocenters. The lowest BCUT2D eigenvalue weighted by molar-refractivity contribution is 0.00578. The van der Waals surface area contributed by atoms with Crippen LogP contribution in [-0.4, -0.2) is 36.3 Å². The minimum absolute atomic E-state index is 0.0595. The number of hydrogen-bond donors (Lipinski definition) is 0. The van der Waals surface area contributed by atoms with E-state index in [9.17, 15) is 0 Å². The first-order valence-corrected chi connectivity index (χ1v) is 7.99. The highest BCUT2D eigenvalue weighted by Gasteiger charge is 2.54. The molecule has 0 amide bonds. The molecule has 1 atom stereocenters. The van der Waals surface area contributed by atoms with Crippen molar-refractivity contribution in [3.63, 3.8) is 0 Å². The van der Waals surface area contributed by atoms with Crippen LogP contribution in [-0.2, 0) is 15.9 Å². The Bertz CT molecular complexity index is 473. The van der Waals surface area contributed by atoms with E-state index in [1.807, 2.05) is 0 Å². The molecule has 0 bridgehead atoms. The van der Waals surface area contributed by atoms with E-state index >= 15 is 0 Å². The molecule has 2 fully saturated rings. The van der Waals surface area contributed by atoms with Gasteiger partial charge in [-0.15, -0.1) is 0 Å². The van der Waals surface area contributed by atoms with Crippen molar-refractivity contribution in [3.05, 3.63) is 35.9 Å². The zero-order valence-electron chi connectivity index (χ0n) is 13.6. The third-order valence-electron chi connectivity index (χ3n) is 5.21. The quantitative estimate of drug-likeness (QED) is 0.796. The molecular formula is C17H26BNO2. The number of likely N-dealkylation sites (tertiary alicyclic amines) is 1. The molecule has 0 aromatic heterocycles. The van der Waals surface area contributed by atoms with Gasteiger partial charge in [0.05, 0.1) is 11.2 Å². The Morgan fingerprint density at radius 2 is 1.71 bits per heavy atom. The summed E-state index contributed by atoms with van der Waals surface area (Å²) < 4.78 is 12.4. The molecule has 0 aliphatic carbocycles. The average Bonchev–Trinajstić information content (AvgIpc) is 2.94. The zero-order chi connectivity index (χ0) is 15.1. The van der Waals surface area contributed by atoms with Gasteiger partial charge in [0.15, 0.2) is 0 Å². The van der Waals surface area contributed by atoms with Crippen molar-refractivity contribution in [2.45, 2.75) is 57.7 Å². The van der Waals surface area contributed by atoms with Crippen LogP contribution in [0.5, 0.6) is 0 Å². The monoisotopic (exact) mass is 287 g/mol. The Kier molecular flexibility index (Phi) is 3.89. The summed E-state index contributed by atoms with van der Waals surface area (Å²) >= 11 is 0. The minimum atomic E-state index is -0.218. The van der Waals surface area contributed by atoms with Crippen molar-refractivity contribution in [1.82, 2.24) is 4.90 Å². The fourth-order valence-electron chi connectivity index (χ4n) is 3.15. The van der Waals surface area contributed by atoms with Crippen LogP contribution in [0.3, 0.4) is 0 Å². The highest BCUT2D eigenvalue weighted by atomic mass is 16.7. The predicted octanol–water partition coefficient (Wildman–Crippen LogP) is 3.35. The van der Waals surface area contributed by atoms with E-state index in [1.165, 1.54) is 5.56 Å². The Hall–Kier alpha value is -0.835. The fourth-order valence-corrected chi connectivity index (χ4v) is 3.15. The van der Waals surface area contributed by atoms with Crippen molar-refractivity contribution >= 4 is 7.12 Å². The van der Waals surface area contributed by atoms with E-state index in [1.54, 1.807) is 0 Å². The highest BCUT2D eigenvalue weighted by molar-refractivity contribution is 6.47. The highest BCUT2D eigenvalue weighted by Crippen LogP contribution is 2.42. The topological polar surface area (TPSA) is 21.7 Å². The van der Waals surface area contributed by atoms with Crippen molar-refractivity contribution in [1.29, 1.82) is 0 Å². The van der Waals surface area contributed by atoms with E-state index in [-0.39, 0.29) is 18.3 Å².